The first-order valence-electron chi connectivity index (χ1n) is 10.1. The lowest BCUT2D eigenvalue weighted by Crippen LogP contribution is -2.05. The van der Waals surface area contributed by atoms with Gasteiger partial charge < -0.3 is 10.2 Å². The zero-order chi connectivity index (χ0) is 20.0. The molecule has 0 radical (unpaired) electrons. The lowest BCUT2D eigenvalue weighted by Gasteiger charge is -2.09. The second kappa shape index (κ2) is 20.2. The number of unbranched alkanes of at least 4 members (excludes halogenated alkanes) is 5. The van der Waals surface area contributed by atoms with Crippen LogP contribution in [0.1, 0.15) is 64.7 Å². The van der Waals surface area contributed by atoms with Crippen molar-refractivity contribution in [1.82, 2.24) is 0 Å². The number of aliphatic hydroxyl groups excluding tert-OH is 1. The zero-order valence-electron chi connectivity index (χ0n) is 16.7. The molecule has 3 heteroatoms. The van der Waals surface area contributed by atoms with Crippen LogP contribution in [0.5, 0.6) is 0 Å². The van der Waals surface area contributed by atoms with Crippen molar-refractivity contribution in [3.05, 3.63) is 72.9 Å². The van der Waals surface area contributed by atoms with Crippen molar-refractivity contribution >= 4 is 5.97 Å². The molecular weight excluding hydrogens is 336 g/mol. The monoisotopic (exact) mass is 372 g/mol. The second-order valence-corrected chi connectivity index (χ2v) is 6.45. The summed E-state index contributed by atoms with van der Waals surface area (Å²) in [6.07, 6.45) is 31.8. The summed E-state index contributed by atoms with van der Waals surface area (Å²) in [7, 11) is 0. The van der Waals surface area contributed by atoms with Crippen molar-refractivity contribution in [2.24, 2.45) is 0 Å². The molecule has 0 rings (SSSR count). The third-order valence-corrected chi connectivity index (χ3v) is 3.92. The van der Waals surface area contributed by atoms with Gasteiger partial charge in [0, 0.05) is 6.08 Å². The first kappa shape index (κ1) is 24.9. The number of hydrogen-bond acceptors (Lipinski definition) is 2. The summed E-state index contributed by atoms with van der Waals surface area (Å²) >= 11 is 0. The molecule has 3 nitrogen and oxygen atoms in total. The summed E-state index contributed by atoms with van der Waals surface area (Å²) < 4.78 is 0. The summed E-state index contributed by atoms with van der Waals surface area (Å²) in [5.74, 6) is -0.946. The molecule has 0 saturated heterocycles. The van der Waals surface area contributed by atoms with Gasteiger partial charge in [-0.1, -0.05) is 106 Å². The van der Waals surface area contributed by atoms with Gasteiger partial charge in [0.05, 0.1) is 6.10 Å². The molecular formula is C24H36O3. The van der Waals surface area contributed by atoms with E-state index in [9.17, 15) is 9.90 Å². The zero-order valence-corrected chi connectivity index (χ0v) is 16.7. The van der Waals surface area contributed by atoms with E-state index >= 15 is 0 Å². The summed E-state index contributed by atoms with van der Waals surface area (Å²) in [4.78, 5) is 10.2. The molecule has 0 aromatic heterocycles. The number of rotatable bonds is 16. The van der Waals surface area contributed by atoms with Crippen LogP contribution in [-0.4, -0.2) is 22.3 Å². The number of carboxylic acids is 1. The molecule has 1 atom stereocenters. The molecule has 0 aliphatic heterocycles. The van der Waals surface area contributed by atoms with Gasteiger partial charge in [0.15, 0.2) is 0 Å². The van der Waals surface area contributed by atoms with E-state index in [0.29, 0.717) is 0 Å². The predicted molar refractivity (Wildman–Crippen MR) is 116 cm³/mol. The Kier molecular flexibility index (Phi) is 18.6. The Bertz CT molecular complexity index is 522. The minimum absolute atomic E-state index is 0.104. The smallest absolute Gasteiger partial charge is 0.328 e. The van der Waals surface area contributed by atoms with Crippen molar-refractivity contribution in [2.75, 3.05) is 0 Å². The Morgan fingerprint density at radius 1 is 0.741 bits per heavy atom. The van der Waals surface area contributed by atoms with E-state index in [2.05, 4.69) is 19.1 Å². The van der Waals surface area contributed by atoms with Gasteiger partial charge in [-0.25, -0.2) is 4.79 Å². The number of allylic oxidation sites excluding steroid dienone is 11. The fourth-order valence-electron chi connectivity index (χ4n) is 2.42. The van der Waals surface area contributed by atoms with Crippen LogP contribution in [0.15, 0.2) is 72.9 Å². The van der Waals surface area contributed by atoms with Gasteiger partial charge in [-0.05, 0) is 25.7 Å². The van der Waals surface area contributed by atoms with Crippen LogP contribution in [0.2, 0.25) is 0 Å². The van der Waals surface area contributed by atoms with Crippen molar-refractivity contribution in [3.8, 4) is 0 Å². The van der Waals surface area contributed by atoms with E-state index in [1.807, 2.05) is 36.5 Å². The fourth-order valence-corrected chi connectivity index (χ4v) is 2.42. The van der Waals surface area contributed by atoms with Gasteiger partial charge in [0.2, 0.25) is 0 Å². The average Bonchev–Trinajstić information content (AvgIpc) is 2.64. The standard InChI is InChI=1S/C24H36O3/c1-2-3-17-20-23(25)21-18-15-13-11-9-7-5-4-6-8-10-12-14-16-19-22-24(26)27/h4-10,12,14,16,19,22-23,25H,2-3,11,13,15,17-18,20-21H2,1H3,(H,26,27)/b5-4+,8-6+,9-7+,12-10+,16-14+,22-19+. The molecule has 0 aliphatic rings. The lowest BCUT2D eigenvalue weighted by atomic mass is 10.0. The van der Waals surface area contributed by atoms with E-state index in [0.717, 1.165) is 38.2 Å². The van der Waals surface area contributed by atoms with Gasteiger partial charge in [-0.3, -0.25) is 0 Å². The topological polar surface area (TPSA) is 57.5 Å². The fraction of sp³-hybridized carbons (Fsp3) is 0.458. The highest BCUT2D eigenvalue weighted by Crippen LogP contribution is 2.11. The van der Waals surface area contributed by atoms with Crippen LogP contribution in [-0.2, 0) is 4.79 Å². The van der Waals surface area contributed by atoms with Crippen LogP contribution < -0.4 is 0 Å². The number of hydrogen-bond donors (Lipinski definition) is 2. The summed E-state index contributed by atoms with van der Waals surface area (Å²) in [5.41, 5.74) is 0. The summed E-state index contributed by atoms with van der Waals surface area (Å²) in [5, 5.41) is 18.3. The maximum absolute atomic E-state index is 10.2. The first-order chi connectivity index (χ1) is 13.2. The molecule has 0 fully saturated rings. The van der Waals surface area contributed by atoms with E-state index in [-0.39, 0.29) is 6.10 Å². The Labute approximate surface area is 165 Å². The van der Waals surface area contributed by atoms with Gasteiger partial charge >= 0.3 is 5.97 Å². The first-order valence-corrected chi connectivity index (χ1v) is 10.1. The average molecular weight is 373 g/mol. The number of carboxylic acid groups (broad SMARTS) is 1. The van der Waals surface area contributed by atoms with Crippen molar-refractivity contribution < 1.29 is 15.0 Å². The summed E-state index contributed by atoms with van der Waals surface area (Å²) in [6.45, 7) is 2.19. The third kappa shape index (κ3) is 21.8. The van der Waals surface area contributed by atoms with E-state index in [1.54, 1.807) is 12.2 Å². The predicted octanol–water partition coefficient (Wildman–Crippen LogP) is 6.30. The van der Waals surface area contributed by atoms with Gasteiger partial charge in [0.1, 0.15) is 0 Å². The van der Waals surface area contributed by atoms with Gasteiger partial charge in [-0.2, -0.15) is 0 Å². The van der Waals surface area contributed by atoms with Crippen LogP contribution in [0.4, 0.5) is 0 Å². The highest BCUT2D eigenvalue weighted by molar-refractivity contribution is 5.80. The van der Waals surface area contributed by atoms with E-state index in [4.69, 9.17) is 5.11 Å². The minimum atomic E-state index is -0.946. The third-order valence-electron chi connectivity index (χ3n) is 3.92. The lowest BCUT2D eigenvalue weighted by molar-refractivity contribution is -0.131. The molecule has 2 N–H and O–H groups in total. The number of aliphatic carboxylic acids is 1. The minimum Gasteiger partial charge on any atom is -0.478 e. The SMILES string of the molecule is CCCCCC(O)CCCCC/C=C/C=C/C=C/C=C/C=C/C=C/C(=O)O. The maximum Gasteiger partial charge on any atom is 0.328 e. The summed E-state index contributed by atoms with van der Waals surface area (Å²) in [6, 6.07) is 0. The Morgan fingerprint density at radius 2 is 1.26 bits per heavy atom. The molecule has 0 aromatic carbocycles. The molecule has 0 aromatic rings. The number of aliphatic hydroxyl groups is 1. The van der Waals surface area contributed by atoms with Crippen LogP contribution in [0, 0.1) is 0 Å². The van der Waals surface area contributed by atoms with E-state index in [1.165, 1.54) is 31.8 Å². The molecule has 0 amide bonds. The Morgan fingerprint density at radius 3 is 1.81 bits per heavy atom. The maximum atomic E-state index is 10.2. The normalized spacial score (nSPS) is 14.1. The van der Waals surface area contributed by atoms with E-state index < -0.39 is 5.97 Å². The highest BCUT2D eigenvalue weighted by atomic mass is 16.4. The molecule has 0 spiro atoms. The molecule has 1 unspecified atom stereocenters. The van der Waals surface area contributed by atoms with Crippen LogP contribution >= 0.6 is 0 Å². The second-order valence-electron chi connectivity index (χ2n) is 6.45. The molecule has 150 valence electrons. The van der Waals surface area contributed by atoms with Crippen molar-refractivity contribution in [1.29, 1.82) is 0 Å². The van der Waals surface area contributed by atoms with Crippen LogP contribution in [0.3, 0.4) is 0 Å². The van der Waals surface area contributed by atoms with Gasteiger partial charge in [0.25, 0.3) is 0 Å². The largest absolute Gasteiger partial charge is 0.478 e. The highest BCUT2D eigenvalue weighted by Gasteiger charge is 2.02. The van der Waals surface area contributed by atoms with Crippen molar-refractivity contribution in [3.63, 3.8) is 0 Å². The molecule has 0 saturated carbocycles. The molecule has 0 aliphatic carbocycles. The molecule has 0 bridgehead atoms. The van der Waals surface area contributed by atoms with Crippen LogP contribution in [0.25, 0.3) is 0 Å². The Hall–Kier alpha value is -2.13. The molecule has 27 heavy (non-hydrogen) atoms. The number of carbonyl (C=O) groups is 1. The van der Waals surface area contributed by atoms with Crippen molar-refractivity contribution in [2.45, 2.75) is 70.8 Å². The Balaban J connectivity index is 3.61. The van der Waals surface area contributed by atoms with Gasteiger partial charge in [-0.15, -0.1) is 0 Å². The molecule has 0 heterocycles. The quantitative estimate of drug-likeness (QED) is 0.190.